The molecule has 56 heavy (non-hydrogen) atoms. The maximum Gasteiger partial charge on any atom is 0.164 e. The van der Waals surface area contributed by atoms with Crippen molar-refractivity contribution in [1.82, 2.24) is 24.9 Å². The Balaban J connectivity index is 1.18. The Hall–Kier alpha value is -7.35. The molecular weight excluding hydrogens is 707 g/mol. The van der Waals surface area contributed by atoms with E-state index in [2.05, 4.69) is 97.1 Å². The predicted octanol–water partition coefficient (Wildman–Crippen LogP) is 12.9. The van der Waals surface area contributed by atoms with E-state index in [1.807, 2.05) is 78.9 Å². The van der Waals surface area contributed by atoms with Gasteiger partial charge >= 0.3 is 0 Å². The average molecular weight is 736 g/mol. The molecule has 4 aromatic heterocycles. The van der Waals surface area contributed by atoms with Gasteiger partial charge in [-0.25, -0.2) is 24.9 Å². The van der Waals surface area contributed by atoms with Crippen LogP contribution in [0, 0.1) is 0 Å². The summed E-state index contributed by atoms with van der Waals surface area (Å²) in [5.41, 5.74) is 10.1. The summed E-state index contributed by atoms with van der Waals surface area (Å²) in [5, 5.41) is 2.98. The molecule has 0 saturated heterocycles. The number of rotatable bonds is 6. The van der Waals surface area contributed by atoms with Gasteiger partial charge in [0.1, 0.15) is 11.2 Å². The molecule has 0 unspecified atom stereocenters. The molecule has 0 saturated carbocycles. The van der Waals surface area contributed by atoms with Crippen molar-refractivity contribution in [2.45, 2.75) is 0 Å². The monoisotopic (exact) mass is 735 g/mol. The van der Waals surface area contributed by atoms with Gasteiger partial charge < -0.3 is 4.42 Å². The fraction of sp³-hybridized carbons (Fsp3) is 0. The molecule has 7 heteroatoms. The second kappa shape index (κ2) is 13.2. The maximum absolute atomic E-state index is 6.65. The summed E-state index contributed by atoms with van der Waals surface area (Å²) in [6.07, 6.45) is 0. The Morgan fingerprint density at radius 1 is 0.375 bits per heavy atom. The summed E-state index contributed by atoms with van der Waals surface area (Å²) in [4.78, 5) is 25.9. The Bertz CT molecular complexity index is 3250. The van der Waals surface area contributed by atoms with Gasteiger partial charge in [0.05, 0.1) is 15.9 Å². The lowest BCUT2D eigenvalue weighted by molar-refractivity contribution is 0.669. The van der Waals surface area contributed by atoms with Crippen molar-refractivity contribution in [2.24, 2.45) is 0 Å². The molecule has 262 valence electrons. The van der Waals surface area contributed by atoms with Crippen LogP contribution in [-0.2, 0) is 0 Å². The van der Waals surface area contributed by atoms with Gasteiger partial charge in [0.25, 0.3) is 0 Å². The molecule has 0 fully saturated rings. The van der Waals surface area contributed by atoms with E-state index in [1.165, 1.54) is 0 Å². The molecule has 0 aliphatic heterocycles. The maximum atomic E-state index is 6.65. The van der Waals surface area contributed by atoms with Gasteiger partial charge in [-0.2, -0.15) is 0 Å². The fourth-order valence-electron chi connectivity index (χ4n) is 7.55. The largest absolute Gasteiger partial charge is 0.456 e. The Morgan fingerprint density at radius 2 is 0.893 bits per heavy atom. The van der Waals surface area contributed by atoms with Crippen LogP contribution in [0.4, 0.5) is 0 Å². The number of aromatic nitrogens is 5. The van der Waals surface area contributed by atoms with Crippen molar-refractivity contribution in [1.29, 1.82) is 0 Å². The molecule has 11 aromatic rings. The normalized spacial score (nSPS) is 11.6. The quantitative estimate of drug-likeness (QED) is 0.169. The third kappa shape index (κ3) is 5.44. The highest BCUT2D eigenvalue weighted by Crippen LogP contribution is 2.45. The van der Waals surface area contributed by atoms with E-state index in [-0.39, 0.29) is 0 Å². The molecule has 0 spiro atoms. The molecule has 0 aliphatic carbocycles. The lowest BCUT2D eigenvalue weighted by Gasteiger charge is -2.11. The zero-order valence-electron chi connectivity index (χ0n) is 29.8. The number of thiophene rings is 1. The minimum atomic E-state index is 0.557. The standard InChI is InChI=1S/C49H29N5OS/c1-4-15-30(16-5-1)33-21-12-22-34(29-33)48-52-47(32-19-8-3-9-20-32)53-49(54-48)37-25-14-27-39-42(37)41-36(24-13-26-38(41)55-39)44-45-43(35-23-10-11-28-40(35)56-45)50-46(51-44)31-17-6-2-7-18-31/h1-29H. The Morgan fingerprint density at radius 3 is 1.61 bits per heavy atom. The van der Waals surface area contributed by atoms with E-state index in [0.29, 0.717) is 23.3 Å². The summed E-state index contributed by atoms with van der Waals surface area (Å²) in [7, 11) is 0. The van der Waals surface area contributed by atoms with Crippen LogP contribution in [0.5, 0.6) is 0 Å². The van der Waals surface area contributed by atoms with Crippen LogP contribution < -0.4 is 0 Å². The van der Waals surface area contributed by atoms with Gasteiger partial charge in [-0.05, 0) is 35.4 Å². The molecule has 4 heterocycles. The van der Waals surface area contributed by atoms with E-state index in [4.69, 9.17) is 29.3 Å². The molecule has 0 atom stereocenters. The summed E-state index contributed by atoms with van der Waals surface area (Å²) < 4.78 is 8.83. The van der Waals surface area contributed by atoms with Crippen molar-refractivity contribution in [3.05, 3.63) is 176 Å². The molecule has 0 radical (unpaired) electrons. The van der Waals surface area contributed by atoms with Crippen LogP contribution in [0.2, 0.25) is 0 Å². The number of hydrogen-bond donors (Lipinski definition) is 0. The van der Waals surface area contributed by atoms with Crippen LogP contribution in [0.3, 0.4) is 0 Å². The van der Waals surface area contributed by atoms with E-state index in [9.17, 15) is 0 Å². The second-order valence-electron chi connectivity index (χ2n) is 13.6. The van der Waals surface area contributed by atoms with Crippen molar-refractivity contribution in [3.63, 3.8) is 0 Å². The zero-order chi connectivity index (χ0) is 37.0. The lowest BCUT2D eigenvalue weighted by atomic mass is 9.99. The molecule has 0 bridgehead atoms. The van der Waals surface area contributed by atoms with Gasteiger partial charge in [-0.3, -0.25) is 0 Å². The molecule has 7 aromatic carbocycles. The third-order valence-electron chi connectivity index (χ3n) is 10.2. The first-order chi connectivity index (χ1) is 27.7. The van der Waals surface area contributed by atoms with E-state index in [0.717, 1.165) is 86.9 Å². The Labute approximate surface area is 325 Å². The van der Waals surface area contributed by atoms with Crippen LogP contribution in [0.25, 0.3) is 110 Å². The van der Waals surface area contributed by atoms with Gasteiger partial charge in [-0.1, -0.05) is 152 Å². The summed E-state index contributed by atoms with van der Waals surface area (Å²) >= 11 is 1.71. The van der Waals surface area contributed by atoms with Gasteiger partial charge in [-0.15, -0.1) is 11.3 Å². The Kier molecular flexibility index (Phi) is 7.57. The van der Waals surface area contributed by atoms with Crippen LogP contribution >= 0.6 is 11.3 Å². The smallest absolute Gasteiger partial charge is 0.164 e. The van der Waals surface area contributed by atoms with Crippen molar-refractivity contribution < 1.29 is 4.42 Å². The highest BCUT2D eigenvalue weighted by Gasteiger charge is 2.23. The molecule has 0 amide bonds. The first kappa shape index (κ1) is 32.1. The highest BCUT2D eigenvalue weighted by atomic mass is 32.1. The first-order valence-corrected chi connectivity index (χ1v) is 19.2. The molecule has 0 aliphatic rings. The SMILES string of the molecule is c1ccc(-c2cccc(-c3nc(-c4ccccc4)nc(-c4cccc5oc6cccc(-c7nc(-c8ccccc8)nc8c7sc7ccccc78)c6c45)n3)c2)cc1. The third-order valence-corrected chi connectivity index (χ3v) is 11.3. The zero-order valence-corrected chi connectivity index (χ0v) is 30.6. The minimum Gasteiger partial charge on any atom is -0.456 e. The summed E-state index contributed by atoms with van der Waals surface area (Å²) in [6, 6.07) is 59.7. The van der Waals surface area contributed by atoms with Crippen LogP contribution in [0.15, 0.2) is 180 Å². The average Bonchev–Trinajstić information content (AvgIpc) is 3.86. The summed E-state index contributed by atoms with van der Waals surface area (Å²) in [6.45, 7) is 0. The van der Waals surface area contributed by atoms with E-state index < -0.39 is 0 Å². The first-order valence-electron chi connectivity index (χ1n) is 18.4. The number of furan rings is 1. The van der Waals surface area contributed by atoms with Crippen molar-refractivity contribution in [3.8, 4) is 67.9 Å². The molecule has 0 N–H and O–H groups in total. The number of fused-ring (bicyclic) bond motifs is 6. The van der Waals surface area contributed by atoms with Crippen molar-refractivity contribution >= 4 is 53.6 Å². The highest BCUT2D eigenvalue weighted by molar-refractivity contribution is 7.26. The topological polar surface area (TPSA) is 77.6 Å². The van der Waals surface area contributed by atoms with Crippen molar-refractivity contribution in [2.75, 3.05) is 0 Å². The summed E-state index contributed by atoms with van der Waals surface area (Å²) in [5.74, 6) is 2.42. The number of nitrogens with zero attached hydrogens (tertiary/aromatic N) is 5. The van der Waals surface area contributed by atoms with Crippen LogP contribution in [-0.4, -0.2) is 24.9 Å². The minimum absolute atomic E-state index is 0.557. The van der Waals surface area contributed by atoms with Gasteiger partial charge in [0.2, 0.25) is 0 Å². The van der Waals surface area contributed by atoms with E-state index >= 15 is 0 Å². The molecule has 11 rings (SSSR count). The molecular formula is C49H29N5OS. The number of hydrogen-bond acceptors (Lipinski definition) is 7. The second-order valence-corrected chi connectivity index (χ2v) is 14.7. The fourth-order valence-corrected chi connectivity index (χ4v) is 8.70. The predicted molar refractivity (Wildman–Crippen MR) is 228 cm³/mol. The molecule has 6 nitrogen and oxygen atoms in total. The lowest BCUT2D eigenvalue weighted by Crippen LogP contribution is -2.00. The van der Waals surface area contributed by atoms with Crippen LogP contribution in [0.1, 0.15) is 0 Å². The number of benzene rings is 7. The van der Waals surface area contributed by atoms with Gasteiger partial charge in [0.15, 0.2) is 23.3 Å². The van der Waals surface area contributed by atoms with Gasteiger partial charge in [0, 0.05) is 48.7 Å². The van der Waals surface area contributed by atoms with E-state index in [1.54, 1.807) is 11.3 Å².